The first-order valence-electron chi connectivity index (χ1n) is 11.1. The van der Waals surface area contributed by atoms with Crippen LogP contribution in [0.5, 0.6) is 5.75 Å². The highest BCUT2D eigenvalue weighted by Crippen LogP contribution is 2.29. The van der Waals surface area contributed by atoms with Crippen molar-refractivity contribution in [1.82, 2.24) is 10.2 Å². The highest BCUT2D eigenvalue weighted by Gasteiger charge is 2.18. The van der Waals surface area contributed by atoms with E-state index in [1.165, 1.54) is 0 Å². The zero-order valence-electron chi connectivity index (χ0n) is 18.6. The number of fused-ring (bicyclic) bond motifs is 1. The van der Waals surface area contributed by atoms with Gasteiger partial charge in [-0.2, -0.15) is 0 Å². The topological polar surface area (TPSA) is 83.8 Å². The van der Waals surface area contributed by atoms with Gasteiger partial charge < -0.3 is 19.8 Å². The first kappa shape index (κ1) is 22.0. The Morgan fingerprint density at radius 2 is 2.00 bits per heavy atom. The molecule has 0 radical (unpaired) electrons. The van der Waals surface area contributed by atoms with Gasteiger partial charge in [0, 0.05) is 49.4 Å². The molecule has 32 heavy (non-hydrogen) atoms. The maximum atomic E-state index is 12.9. The first-order chi connectivity index (χ1) is 15.6. The second-order valence-corrected chi connectivity index (χ2v) is 8.04. The standard InChI is InChI=1S/C25H29N3O4/c1-3-5-20-22(31-2)9-8-18-15-21(25(30)32-23(18)20)24(29)27-19-7-4-6-17(14-19)16-28-12-10-26-11-13-28/h4,6-9,14-15,26H,3,5,10-13,16H2,1-2H3,(H,27,29). The molecule has 0 aliphatic carbocycles. The third-order valence-electron chi connectivity index (χ3n) is 5.73. The second kappa shape index (κ2) is 9.97. The van der Waals surface area contributed by atoms with Crippen molar-refractivity contribution in [1.29, 1.82) is 0 Å². The van der Waals surface area contributed by atoms with Crippen molar-refractivity contribution in [2.45, 2.75) is 26.3 Å². The summed E-state index contributed by atoms with van der Waals surface area (Å²) in [6, 6.07) is 13.0. The van der Waals surface area contributed by atoms with Gasteiger partial charge in [-0.1, -0.05) is 25.5 Å². The molecule has 168 valence electrons. The summed E-state index contributed by atoms with van der Waals surface area (Å²) in [5.74, 6) is 0.203. The maximum Gasteiger partial charge on any atom is 0.349 e. The molecule has 0 saturated carbocycles. The number of nitrogens with one attached hydrogen (secondary N) is 2. The molecule has 0 spiro atoms. The number of rotatable bonds is 7. The third-order valence-corrected chi connectivity index (χ3v) is 5.73. The van der Waals surface area contributed by atoms with Gasteiger partial charge in [-0.25, -0.2) is 4.79 Å². The molecule has 4 rings (SSSR count). The molecule has 1 aliphatic heterocycles. The van der Waals surface area contributed by atoms with Crippen LogP contribution in [0.1, 0.15) is 34.8 Å². The lowest BCUT2D eigenvalue weighted by Crippen LogP contribution is -2.42. The summed E-state index contributed by atoms with van der Waals surface area (Å²) >= 11 is 0. The lowest BCUT2D eigenvalue weighted by Gasteiger charge is -2.27. The smallest absolute Gasteiger partial charge is 0.349 e. The zero-order valence-corrected chi connectivity index (χ0v) is 18.6. The number of carbonyl (C=O) groups is 1. The molecule has 0 bridgehead atoms. The summed E-state index contributed by atoms with van der Waals surface area (Å²) in [6.07, 6.45) is 1.60. The fraction of sp³-hybridized carbons (Fsp3) is 0.360. The van der Waals surface area contributed by atoms with Crippen LogP contribution in [0.15, 0.2) is 51.7 Å². The minimum atomic E-state index is -0.655. The number of hydrogen-bond donors (Lipinski definition) is 2. The summed E-state index contributed by atoms with van der Waals surface area (Å²) in [4.78, 5) is 27.9. The van der Waals surface area contributed by atoms with E-state index in [9.17, 15) is 9.59 Å². The van der Waals surface area contributed by atoms with Crippen molar-refractivity contribution in [3.63, 3.8) is 0 Å². The van der Waals surface area contributed by atoms with Crippen molar-refractivity contribution >= 4 is 22.6 Å². The molecular weight excluding hydrogens is 406 g/mol. The molecule has 7 nitrogen and oxygen atoms in total. The number of amides is 1. The Bertz CT molecular complexity index is 1170. The minimum absolute atomic E-state index is 0.0161. The molecule has 1 aliphatic rings. The largest absolute Gasteiger partial charge is 0.496 e. The van der Waals surface area contributed by atoms with Crippen molar-refractivity contribution in [3.05, 3.63) is 69.6 Å². The molecule has 0 atom stereocenters. The van der Waals surface area contributed by atoms with Crippen molar-refractivity contribution in [2.24, 2.45) is 0 Å². The van der Waals surface area contributed by atoms with Crippen LogP contribution in [0.4, 0.5) is 5.69 Å². The summed E-state index contributed by atoms with van der Waals surface area (Å²) in [7, 11) is 1.59. The van der Waals surface area contributed by atoms with Gasteiger partial charge in [-0.15, -0.1) is 0 Å². The van der Waals surface area contributed by atoms with E-state index in [0.717, 1.165) is 56.7 Å². The number of ether oxygens (including phenoxy) is 1. The quantitative estimate of drug-likeness (QED) is 0.554. The Kier molecular flexibility index (Phi) is 6.87. The normalized spacial score (nSPS) is 14.4. The number of piperazine rings is 1. The molecule has 3 aromatic rings. The highest BCUT2D eigenvalue weighted by molar-refractivity contribution is 6.05. The van der Waals surface area contributed by atoms with E-state index in [1.54, 1.807) is 19.2 Å². The van der Waals surface area contributed by atoms with Crippen molar-refractivity contribution in [2.75, 3.05) is 38.6 Å². The van der Waals surface area contributed by atoms with Crippen LogP contribution in [-0.4, -0.2) is 44.1 Å². The van der Waals surface area contributed by atoms with E-state index >= 15 is 0 Å². The molecule has 0 unspecified atom stereocenters. The Balaban J connectivity index is 1.57. The maximum absolute atomic E-state index is 12.9. The number of nitrogens with zero attached hydrogens (tertiary/aromatic N) is 1. The summed E-state index contributed by atoms with van der Waals surface area (Å²) < 4.78 is 11.0. The number of hydrogen-bond acceptors (Lipinski definition) is 6. The summed E-state index contributed by atoms with van der Waals surface area (Å²) in [6.45, 7) is 6.85. The number of aryl methyl sites for hydroxylation is 1. The van der Waals surface area contributed by atoms with E-state index in [1.807, 2.05) is 30.3 Å². The fourth-order valence-corrected chi connectivity index (χ4v) is 4.13. The molecule has 1 saturated heterocycles. The van der Waals surface area contributed by atoms with Gasteiger partial charge in [0.2, 0.25) is 0 Å². The molecule has 2 N–H and O–H groups in total. The Morgan fingerprint density at radius 1 is 1.19 bits per heavy atom. The molecule has 2 aromatic carbocycles. The van der Waals surface area contributed by atoms with Crippen LogP contribution >= 0.6 is 0 Å². The number of benzene rings is 2. The third kappa shape index (κ3) is 4.84. The van der Waals surface area contributed by atoms with Crippen LogP contribution in [0, 0.1) is 0 Å². The highest BCUT2D eigenvalue weighted by atomic mass is 16.5. The van der Waals surface area contributed by atoms with E-state index < -0.39 is 11.5 Å². The van der Waals surface area contributed by atoms with Crippen LogP contribution in [0.25, 0.3) is 11.0 Å². The monoisotopic (exact) mass is 435 g/mol. The zero-order chi connectivity index (χ0) is 22.5. The Morgan fingerprint density at radius 3 is 2.75 bits per heavy atom. The van der Waals surface area contributed by atoms with Gasteiger partial charge in [0.25, 0.3) is 5.91 Å². The molecule has 1 amide bonds. The molecule has 7 heteroatoms. The van der Waals surface area contributed by atoms with Crippen LogP contribution in [-0.2, 0) is 13.0 Å². The van der Waals surface area contributed by atoms with Gasteiger partial charge in [-0.3, -0.25) is 9.69 Å². The van der Waals surface area contributed by atoms with Crippen molar-refractivity contribution < 1.29 is 13.9 Å². The van der Waals surface area contributed by atoms with Gasteiger partial charge in [-0.05, 0) is 42.3 Å². The van der Waals surface area contributed by atoms with Gasteiger partial charge in [0.05, 0.1) is 7.11 Å². The SMILES string of the molecule is CCCc1c(OC)ccc2cc(C(=O)Nc3cccc(CN4CCNCC4)c3)c(=O)oc12. The van der Waals surface area contributed by atoms with Crippen LogP contribution < -0.4 is 21.0 Å². The van der Waals surface area contributed by atoms with Gasteiger partial charge >= 0.3 is 5.63 Å². The minimum Gasteiger partial charge on any atom is -0.496 e. The second-order valence-electron chi connectivity index (χ2n) is 8.04. The Labute approximate surface area is 187 Å². The predicted molar refractivity (Wildman–Crippen MR) is 126 cm³/mol. The van der Waals surface area contributed by atoms with Gasteiger partial charge in [0.1, 0.15) is 16.9 Å². The van der Waals surface area contributed by atoms with Crippen LogP contribution in [0.2, 0.25) is 0 Å². The molecule has 1 fully saturated rings. The van der Waals surface area contributed by atoms with E-state index in [0.29, 0.717) is 22.4 Å². The number of carbonyl (C=O) groups excluding carboxylic acids is 1. The predicted octanol–water partition coefficient (Wildman–Crippen LogP) is 3.41. The lowest BCUT2D eigenvalue weighted by atomic mass is 10.0. The fourth-order valence-electron chi connectivity index (χ4n) is 4.13. The summed E-state index contributed by atoms with van der Waals surface area (Å²) in [5.41, 5.74) is 2.42. The van der Waals surface area contributed by atoms with Crippen LogP contribution in [0.3, 0.4) is 0 Å². The average molecular weight is 436 g/mol. The summed E-state index contributed by atoms with van der Waals surface area (Å²) in [5, 5.41) is 6.90. The van der Waals surface area contributed by atoms with Gasteiger partial charge in [0.15, 0.2) is 0 Å². The average Bonchev–Trinajstić information content (AvgIpc) is 2.80. The number of methoxy groups -OCH3 is 1. The molecular formula is C25H29N3O4. The van der Waals surface area contributed by atoms with E-state index in [-0.39, 0.29) is 5.56 Å². The Hall–Kier alpha value is -3.16. The van der Waals surface area contributed by atoms with E-state index in [2.05, 4.69) is 22.5 Å². The number of anilines is 1. The first-order valence-corrected chi connectivity index (χ1v) is 11.1. The molecule has 2 heterocycles. The lowest BCUT2D eigenvalue weighted by molar-refractivity contribution is 0.102. The van der Waals surface area contributed by atoms with E-state index in [4.69, 9.17) is 9.15 Å². The van der Waals surface area contributed by atoms with Crippen molar-refractivity contribution in [3.8, 4) is 5.75 Å². The molecule has 1 aromatic heterocycles.